The number of nitro groups is 1. The van der Waals surface area contributed by atoms with E-state index in [0.717, 1.165) is 17.8 Å². The SMILES string of the molecule is CCN(CC)CCN(C(=O)c1ccc([N+](=O)[O-])cc1)c1nc2c(Cl)cccc2s1.Cl. The lowest BCUT2D eigenvalue weighted by Gasteiger charge is -2.24. The first kappa shape index (κ1) is 24.0. The molecule has 0 aliphatic heterocycles. The van der Waals surface area contributed by atoms with Crippen LogP contribution < -0.4 is 4.90 Å². The van der Waals surface area contributed by atoms with E-state index in [4.69, 9.17) is 11.6 Å². The van der Waals surface area contributed by atoms with Crippen LogP contribution in [0, 0.1) is 10.1 Å². The van der Waals surface area contributed by atoms with Gasteiger partial charge in [-0.1, -0.05) is 42.9 Å². The minimum Gasteiger partial charge on any atom is -0.302 e. The number of amides is 1. The molecule has 0 radical (unpaired) electrons. The molecule has 3 rings (SSSR count). The van der Waals surface area contributed by atoms with Crippen molar-refractivity contribution in [2.75, 3.05) is 31.1 Å². The lowest BCUT2D eigenvalue weighted by Crippen LogP contribution is -2.38. The van der Waals surface area contributed by atoms with E-state index in [9.17, 15) is 14.9 Å². The first-order valence-corrected chi connectivity index (χ1v) is 10.5. The highest BCUT2D eigenvalue weighted by Gasteiger charge is 2.23. The van der Waals surface area contributed by atoms with Gasteiger partial charge in [0.1, 0.15) is 5.52 Å². The molecule has 0 aliphatic carbocycles. The van der Waals surface area contributed by atoms with Crippen LogP contribution in [0.1, 0.15) is 24.2 Å². The summed E-state index contributed by atoms with van der Waals surface area (Å²) in [4.78, 5) is 32.1. The van der Waals surface area contributed by atoms with Gasteiger partial charge in [0.2, 0.25) is 0 Å². The summed E-state index contributed by atoms with van der Waals surface area (Å²) >= 11 is 7.66. The van der Waals surface area contributed by atoms with Crippen LogP contribution in [0.5, 0.6) is 0 Å². The van der Waals surface area contributed by atoms with Gasteiger partial charge in [-0.05, 0) is 37.4 Å². The molecule has 0 fully saturated rings. The quantitative estimate of drug-likeness (QED) is 0.332. The fourth-order valence-electron chi connectivity index (χ4n) is 2.97. The minimum absolute atomic E-state index is 0. The number of hydrogen-bond acceptors (Lipinski definition) is 6. The third kappa shape index (κ3) is 5.26. The fraction of sp³-hybridized carbons (Fsp3) is 0.300. The second kappa shape index (κ2) is 10.7. The van der Waals surface area contributed by atoms with E-state index >= 15 is 0 Å². The van der Waals surface area contributed by atoms with Gasteiger partial charge in [0.05, 0.1) is 14.6 Å². The number of nitro benzene ring substituents is 1. The highest BCUT2D eigenvalue weighted by Crippen LogP contribution is 2.33. The Morgan fingerprint density at radius 1 is 1.13 bits per heavy atom. The number of benzene rings is 2. The van der Waals surface area contributed by atoms with Gasteiger partial charge in [-0.25, -0.2) is 4.98 Å². The number of thiazole rings is 1. The Morgan fingerprint density at radius 3 is 2.37 bits per heavy atom. The summed E-state index contributed by atoms with van der Waals surface area (Å²) in [6.45, 7) is 7.04. The Balaban J connectivity index is 0.00000320. The van der Waals surface area contributed by atoms with Crippen molar-refractivity contribution < 1.29 is 9.72 Å². The van der Waals surface area contributed by atoms with E-state index in [1.807, 2.05) is 12.1 Å². The van der Waals surface area contributed by atoms with Crippen molar-refractivity contribution >= 4 is 62.3 Å². The fourth-order valence-corrected chi connectivity index (χ4v) is 4.26. The van der Waals surface area contributed by atoms with Gasteiger partial charge < -0.3 is 4.90 Å². The Hall–Kier alpha value is -2.26. The molecular weight excluding hydrogens is 447 g/mol. The summed E-state index contributed by atoms with van der Waals surface area (Å²) in [6.07, 6.45) is 0. The molecule has 10 heteroatoms. The van der Waals surface area contributed by atoms with Gasteiger partial charge in [-0.3, -0.25) is 19.8 Å². The largest absolute Gasteiger partial charge is 0.302 e. The van der Waals surface area contributed by atoms with Gasteiger partial charge in [0.25, 0.3) is 11.6 Å². The predicted octanol–water partition coefficient (Wildman–Crippen LogP) is 5.27. The lowest BCUT2D eigenvalue weighted by atomic mass is 10.2. The van der Waals surface area contributed by atoms with Gasteiger partial charge in [0, 0.05) is 30.8 Å². The maximum absolute atomic E-state index is 13.2. The summed E-state index contributed by atoms with van der Waals surface area (Å²) < 4.78 is 0.900. The summed E-state index contributed by atoms with van der Waals surface area (Å²) in [6, 6.07) is 11.2. The summed E-state index contributed by atoms with van der Waals surface area (Å²) in [7, 11) is 0. The number of fused-ring (bicyclic) bond motifs is 1. The van der Waals surface area contributed by atoms with Crippen LogP contribution >= 0.6 is 35.3 Å². The smallest absolute Gasteiger partial charge is 0.269 e. The molecule has 0 saturated carbocycles. The second-order valence-electron chi connectivity index (χ2n) is 6.37. The van der Waals surface area contributed by atoms with E-state index in [1.165, 1.54) is 35.6 Å². The minimum atomic E-state index is -0.484. The van der Waals surface area contributed by atoms with Crippen LogP contribution in [0.4, 0.5) is 10.8 Å². The van der Waals surface area contributed by atoms with E-state index in [-0.39, 0.29) is 24.0 Å². The van der Waals surface area contributed by atoms with Crippen molar-refractivity contribution in [1.82, 2.24) is 9.88 Å². The number of likely N-dealkylation sites (N-methyl/N-ethyl adjacent to an activating group) is 1. The third-order valence-corrected chi connectivity index (χ3v) is 6.04. The van der Waals surface area contributed by atoms with Crippen LogP contribution in [-0.4, -0.2) is 46.9 Å². The molecule has 0 atom stereocenters. The van der Waals surface area contributed by atoms with Crippen molar-refractivity contribution in [3.8, 4) is 0 Å². The lowest BCUT2D eigenvalue weighted by molar-refractivity contribution is -0.384. The number of anilines is 1. The van der Waals surface area contributed by atoms with Crippen LogP contribution in [0.25, 0.3) is 10.2 Å². The average Bonchev–Trinajstić information content (AvgIpc) is 3.16. The number of hydrogen-bond donors (Lipinski definition) is 0. The van der Waals surface area contributed by atoms with Crippen LogP contribution in [0.15, 0.2) is 42.5 Å². The Bertz CT molecular complexity index is 1020. The third-order valence-electron chi connectivity index (χ3n) is 4.69. The van der Waals surface area contributed by atoms with Crippen molar-refractivity contribution in [2.24, 2.45) is 0 Å². The number of rotatable bonds is 8. The van der Waals surface area contributed by atoms with E-state index < -0.39 is 4.92 Å². The van der Waals surface area contributed by atoms with Gasteiger partial charge in [-0.2, -0.15) is 0 Å². The number of para-hydroxylation sites is 1. The Labute approximate surface area is 189 Å². The first-order chi connectivity index (χ1) is 13.9. The number of carbonyl (C=O) groups excluding carboxylic acids is 1. The van der Waals surface area contributed by atoms with Crippen LogP contribution in [0.2, 0.25) is 5.02 Å². The Kier molecular flexibility index (Phi) is 8.54. The van der Waals surface area contributed by atoms with E-state index in [0.29, 0.717) is 34.3 Å². The maximum Gasteiger partial charge on any atom is 0.269 e. The molecule has 7 nitrogen and oxygen atoms in total. The molecule has 3 aromatic rings. The van der Waals surface area contributed by atoms with Crippen LogP contribution in [-0.2, 0) is 0 Å². The maximum atomic E-state index is 13.2. The van der Waals surface area contributed by atoms with Crippen LogP contribution in [0.3, 0.4) is 0 Å². The molecule has 0 N–H and O–H groups in total. The number of aromatic nitrogens is 1. The molecule has 2 aromatic carbocycles. The van der Waals surface area contributed by atoms with E-state index in [2.05, 4.69) is 23.7 Å². The zero-order valence-electron chi connectivity index (χ0n) is 16.6. The monoisotopic (exact) mass is 468 g/mol. The highest BCUT2D eigenvalue weighted by atomic mass is 35.5. The van der Waals surface area contributed by atoms with Crippen molar-refractivity contribution in [3.05, 3.63) is 63.2 Å². The first-order valence-electron chi connectivity index (χ1n) is 9.28. The van der Waals surface area contributed by atoms with Gasteiger partial charge >= 0.3 is 0 Å². The number of nitrogens with zero attached hydrogens (tertiary/aromatic N) is 4. The molecule has 160 valence electrons. The molecule has 0 spiro atoms. The normalized spacial score (nSPS) is 10.8. The molecule has 1 heterocycles. The Morgan fingerprint density at radius 2 is 1.80 bits per heavy atom. The molecule has 0 saturated heterocycles. The van der Waals surface area contributed by atoms with Crippen molar-refractivity contribution in [1.29, 1.82) is 0 Å². The number of halogens is 2. The zero-order chi connectivity index (χ0) is 21.0. The van der Waals surface area contributed by atoms with Crippen molar-refractivity contribution in [2.45, 2.75) is 13.8 Å². The molecule has 1 amide bonds. The average molecular weight is 469 g/mol. The number of non-ortho nitro benzene ring substituents is 1. The highest BCUT2D eigenvalue weighted by molar-refractivity contribution is 7.22. The predicted molar refractivity (Wildman–Crippen MR) is 124 cm³/mol. The molecule has 0 unspecified atom stereocenters. The second-order valence-corrected chi connectivity index (χ2v) is 7.79. The summed E-state index contributed by atoms with van der Waals surface area (Å²) in [5.74, 6) is -0.248. The molecule has 0 aliphatic rings. The topological polar surface area (TPSA) is 79.6 Å². The van der Waals surface area contributed by atoms with Gasteiger partial charge in [-0.15, -0.1) is 12.4 Å². The zero-order valence-corrected chi connectivity index (χ0v) is 19.0. The summed E-state index contributed by atoms with van der Waals surface area (Å²) in [5, 5.41) is 12.0. The molecule has 30 heavy (non-hydrogen) atoms. The standard InChI is InChI=1S/C20H21ClN4O3S.ClH/c1-3-23(4-2)12-13-24(19(26)14-8-10-15(11-9-14)25(27)28)20-22-18-16(21)6-5-7-17(18)29-20;/h5-11H,3-4,12-13H2,1-2H3;1H. The number of carbonyl (C=O) groups is 1. The van der Waals surface area contributed by atoms with E-state index in [1.54, 1.807) is 11.0 Å². The molecule has 1 aromatic heterocycles. The van der Waals surface area contributed by atoms with Gasteiger partial charge in [0.15, 0.2) is 5.13 Å². The summed E-state index contributed by atoms with van der Waals surface area (Å²) in [5.41, 5.74) is 0.988. The van der Waals surface area contributed by atoms with Crippen molar-refractivity contribution in [3.63, 3.8) is 0 Å². The molecule has 0 bridgehead atoms. The molecular formula is C20H22Cl2N4O3S.